The van der Waals surface area contributed by atoms with E-state index in [1.54, 1.807) is 11.8 Å². The van der Waals surface area contributed by atoms with Gasteiger partial charge in [0.1, 0.15) is 0 Å². The van der Waals surface area contributed by atoms with Crippen LogP contribution in [0.1, 0.15) is 0 Å². The molecule has 60 valence electrons. The summed E-state index contributed by atoms with van der Waals surface area (Å²) in [5, 5.41) is 2.58. The summed E-state index contributed by atoms with van der Waals surface area (Å²) in [6.07, 6.45) is 3.82. The fourth-order valence-electron chi connectivity index (χ4n) is 1.32. The molecule has 2 aromatic carbocycles. The van der Waals surface area contributed by atoms with Crippen molar-refractivity contribution in [3.63, 3.8) is 0 Å². The van der Waals surface area contributed by atoms with Crippen molar-refractivity contribution >= 4 is 22.5 Å². The summed E-state index contributed by atoms with van der Waals surface area (Å²) in [5.74, 6) is 0. The summed E-state index contributed by atoms with van der Waals surface area (Å²) in [5.41, 5.74) is 0. The molecule has 0 nitrogen and oxygen atoms in total. The Morgan fingerprint density at radius 3 is 2.38 bits per heavy atom. The van der Waals surface area contributed by atoms with Gasteiger partial charge in [-0.25, -0.2) is 0 Å². The van der Waals surface area contributed by atoms with Crippen LogP contribution in [0.3, 0.4) is 0 Å². The molecule has 0 aliphatic carbocycles. The molecule has 0 aliphatic heterocycles. The van der Waals surface area contributed by atoms with Gasteiger partial charge < -0.3 is 11.8 Å². The molecular weight excluding hydrogens is 171 g/mol. The molecule has 0 aliphatic rings. The number of thioether (sulfide) groups is 1. The first-order chi connectivity index (χ1) is 5.92. The van der Waals surface area contributed by atoms with E-state index in [9.17, 15) is 0 Å². The largest absolute Gasteiger partial charge is 1.00 e. The van der Waals surface area contributed by atoms with Gasteiger partial charge in [-0.2, -0.15) is 0 Å². The molecule has 0 atom stereocenters. The summed E-state index contributed by atoms with van der Waals surface area (Å²) in [6.45, 7) is 0. The second-order valence-electron chi connectivity index (χ2n) is 2.62. The number of hydrogen-bond acceptors (Lipinski definition) is 1. The van der Waals surface area contributed by atoms with Crippen LogP contribution >= 0.6 is 11.8 Å². The average Bonchev–Trinajstić information content (AvgIpc) is 2.17. The zero-order chi connectivity index (χ0) is 8.39. The molecule has 2 heteroatoms. The third kappa shape index (κ3) is 2.11. The Kier molecular flexibility index (Phi) is 3.93. The van der Waals surface area contributed by atoms with E-state index >= 15 is 0 Å². The number of hydrogen-bond donors (Lipinski definition) is 0. The first-order valence-corrected chi connectivity index (χ1v) is 4.80. The topological polar surface area (TPSA) is 0 Å². The van der Waals surface area contributed by atoms with E-state index in [0.717, 1.165) is 0 Å². The third-order valence-corrected chi connectivity index (χ3v) is 2.57. The van der Waals surface area contributed by atoms with Crippen LogP contribution in [0.4, 0.5) is 0 Å². The van der Waals surface area contributed by atoms with Crippen molar-refractivity contribution in [1.29, 1.82) is 0 Å². The Morgan fingerprint density at radius 1 is 0.923 bits per heavy atom. The smallest absolute Gasteiger partial charge is 0.319 e. The maximum absolute atomic E-state index is 3.82. The van der Waals surface area contributed by atoms with Gasteiger partial charge in [-0.1, -0.05) is 42.5 Å². The summed E-state index contributed by atoms with van der Waals surface area (Å²) >= 11 is 1.55. The van der Waals surface area contributed by atoms with Crippen molar-refractivity contribution in [3.8, 4) is 0 Å². The van der Waals surface area contributed by atoms with Crippen LogP contribution in [0.2, 0.25) is 0 Å². The van der Waals surface area contributed by atoms with Crippen LogP contribution in [0.15, 0.2) is 47.4 Å². The van der Waals surface area contributed by atoms with Gasteiger partial charge in [0.05, 0.1) is 0 Å². The Labute approximate surface area is 94.9 Å². The Morgan fingerprint density at radius 2 is 1.62 bits per heavy atom. The van der Waals surface area contributed by atoms with Gasteiger partial charge in [0, 0.05) is 0 Å². The van der Waals surface area contributed by atoms with Crippen LogP contribution in [-0.4, -0.2) is 0 Å². The fraction of sp³-hybridized carbons (Fsp3) is 0. The molecule has 0 N–H and O–H groups in total. The molecular formula is C11H9LiS. The minimum atomic E-state index is 0. The van der Waals surface area contributed by atoms with E-state index in [-0.39, 0.29) is 18.9 Å². The molecule has 0 aromatic heterocycles. The maximum Gasteiger partial charge on any atom is 1.00 e. The van der Waals surface area contributed by atoms with Crippen LogP contribution in [-0.2, 0) is 0 Å². The van der Waals surface area contributed by atoms with Crippen molar-refractivity contribution in [2.75, 3.05) is 0 Å². The molecule has 0 bridgehead atoms. The molecule has 0 heterocycles. The van der Waals surface area contributed by atoms with E-state index in [0.29, 0.717) is 0 Å². The van der Waals surface area contributed by atoms with Gasteiger partial charge in [-0.3, -0.25) is 6.26 Å². The fourth-order valence-corrected chi connectivity index (χ4v) is 1.84. The SMILES string of the molecule is [CH2-]Sc1cccc2ccccc12.[Li+]. The van der Waals surface area contributed by atoms with E-state index in [1.807, 2.05) is 0 Å². The predicted molar refractivity (Wildman–Crippen MR) is 55.2 cm³/mol. The summed E-state index contributed by atoms with van der Waals surface area (Å²) < 4.78 is 0. The van der Waals surface area contributed by atoms with Crippen LogP contribution in [0.5, 0.6) is 0 Å². The standard InChI is InChI=1S/C11H9S.Li/c1-12-11-8-4-6-9-5-2-3-7-10(9)11;/h2-8H,1H2;/q-1;+1. The number of rotatable bonds is 1. The van der Waals surface area contributed by atoms with E-state index in [1.165, 1.54) is 15.7 Å². The van der Waals surface area contributed by atoms with Gasteiger partial charge in [0.2, 0.25) is 0 Å². The van der Waals surface area contributed by atoms with Crippen molar-refractivity contribution < 1.29 is 18.9 Å². The van der Waals surface area contributed by atoms with E-state index in [2.05, 4.69) is 48.7 Å². The molecule has 0 saturated carbocycles. The maximum atomic E-state index is 3.82. The van der Waals surface area contributed by atoms with Crippen LogP contribution in [0, 0.1) is 6.26 Å². The third-order valence-electron chi connectivity index (χ3n) is 1.91. The van der Waals surface area contributed by atoms with Gasteiger partial charge in [0.15, 0.2) is 0 Å². The minimum absolute atomic E-state index is 0. The quantitative estimate of drug-likeness (QED) is 0.354. The summed E-state index contributed by atoms with van der Waals surface area (Å²) in [4.78, 5) is 1.24. The van der Waals surface area contributed by atoms with Crippen molar-refractivity contribution in [1.82, 2.24) is 0 Å². The monoisotopic (exact) mass is 180 g/mol. The van der Waals surface area contributed by atoms with E-state index < -0.39 is 0 Å². The van der Waals surface area contributed by atoms with Crippen molar-refractivity contribution in [2.24, 2.45) is 0 Å². The molecule has 0 unspecified atom stereocenters. The van der Waals surface area contributed by atoms with Crippen molar-refractivity contribution in [2.45, 2.75) is 4.90 Å². The van der Waals surface area contributed by atoms with Gasteiger partial charge in [-0.15, -0.1) is 0 Å². The Balaban J connectivity index is 0.000000845. The zero-order valence-corrected chi connectivity index (χ0v) is 8.47. The van der Waals surface area contributed by atoms with Gasteiger partial charge in [0.25, 0.3) is 0 Å². The molecule has 2 aromatic rings. The number of benzene rings is 2. The number of fused-ring (bicyclic) bond motifs is 1. The second-order valence-corrected chi connectivity index (χ2v) is 3.35. The predicted octanol–water partition coefficient (Wildman–Crippen LogP) is 0.727. The molecule has 0 saturated heterocycles. The molecule has 13 heavy (non-hydrogen) atoms. The van der Waals surface area contributed by atoms with Gasteiger partial charge in [-0.05, 0) is 15.7 Å². The van der Waals surface area contributed by atoms with E-state index in [4.69, 9.17) is 0 Å². The minimum Gasteiger partial charge on any atom is -0.319 e. The second kappa shape index (κ2) is 4.76. The first-order valence-electron chi connectivity index (χ1n) is 3.81. The molecule has 0 radical (unpaired) electrons. The molecule has 2 rings (SSSR count). The molecule has 0 fully saturated rings. The average molecular weight is 180 g/mol. The molecule has 0 spiro atoms. The Hall–Kier alpha value is -0.353. The zero-order valence-electron chi connectivity index (χ0n) is 7.66. The van der Waals surface area contributed by atoms with Crippen molar-refractivity contribution in [3.05, 3.63) is 48.7 Å². The van der Waals surface area contributed by atoms with Crippen LogP contribution in [0.25, 0.3) is 10.8 Å². The van der Waals surface area contributed by atoms with Crippen LogP contribution < -0.4 is 18.9 Å². The molecule has 0 amide bonds. The normalized spacial score (nSPS) is 9.62. The summed E-state index contributed by atoms with van der Waals surface area (Å²) in [7, 11) is 0. The Bertz CT molecular complexity index is 393. The van der Waals surface area contributed by atoms with Gasteiger partial charge >= 0.3 is 18.9 Å². The first kappa shape index (κ1) is 10.7. The summed E-state index contributed by atoms with van der Waals surface area (Å²) in [6, 6.07) is 14.6.